The molecule has 2 atom stereocenters. The van der Waals surface area contributed by atoms with Gasteiger partial charge in [0.15, 0.2) is 0 Å². The summed E-state index contributed by atoms with van der Waals surface area (Å²) in [7, 11) is 0. The summed E-state index contributed by atoms with van der Waals surface area (Å²) in [5, 5.41) is 0. The van der Waals surface area contributed by atoms with Gasteiger partial charge in [-0.3, -0.25) is 0 Å². The van der Waals surface area contributed by atoms with Gasteiger partial charge in [-0.15, -0.1) is 5.56 Å². The van der Waals surface area contributed by atoms with Gasteiger partial charge in [0, 0.05) is 0 Å². The molecule has 2 aromatic carbocycles. The minimum absolute atomic E-state index is 0. The third kappa shape index (κ3) is 2.22. The maximum atomic E-state index is 5.66. The quantitative estimate of drug-likeness (QED) is 0.388. The Bertz CT molecular complexity index is 397. The molecule has 0 radical (unpaired) electrons. The van der Waals surface area contributed by atoms with Gasteiger partial charge >= 0.3 is 18.9 Å². The van der Waals surface area contributed by atoms with Crippen molar-refractivity contribution in [2.24, 2.45) is 0 Å². The van der Waals surface area contributed by atoms with Crippen LogP contribution in [-0.2, 0) is 4.74 Å². The molecule has 1 heterocycles. The van der Waals surface area contributed by atoms with Crippen molar-refractivity contribution in [3.05, 3.63) is 71.8 Å². The first-order valence-electron chi connectivity index (χ1n) is 5.12. The van der Waals surface area contributed by atoms with Gasteiger partial charge in [0.25, 0.3) is 0 Å². The van der Waals surface area contributed by atoms with Crippen LogP contribution in [0.15, 0.2) is 54.6 Å². The predicted molar refractivity (Wildman–Crippen MR) is 58.3 cm³/mol. The van der Waals surface area contributed by atoms with E-state index in [2.05, 4.69) is 24.3 Å². The standard InChI is InChI=1S/C14H11O.Li/c1-3-7-11(8-4-1)13-14(15-13)12-9-5-2-6-10-12;/h1-9,13-14H;/q-1;+1/t13-,14-;/m0./s1. The maximum absolute atomic E-state index is 5.66. The van der Waals surface area contributed by atoms with Crippen molar-refractivity contribution >= 4 is 0 Å². The zero-order valence-electron chi connectivity index (χ0n) is 9.26. The summed E-state index contributed by atoms with van der Waals surface area (Å²) in [5.41, 5.74) is 2.39. The molecule has 0 bridgehead atoms. The van der Waals surface area contributed by atoms with E-state index in [1.54, 1.807) is 0 Å². The molecule has 0 amide bonds. The molecule has 2 aromatic rings. The van der Waals surface area contributed by atoms with E-state index >= 15 is 0 Å². The van der Waals surface area contributed by atoms with Crippen molar-refractivity contribution in [2.45, 2.75) is 12.2 Å². The molecule has 0 aromatic heterocycles. The minimum atomic E-state index is 0. The van der Waals surface area contributed by atoms with Crippen molar-refractivity contribution in [3.63, 3.8) is 0 Å². The van der Waals surface area contributed by atoms with Crippen LogP contribution in [-0.4, -0.2) is 0 Å². The van der Waals surface area contributed by atoms with Crippen LogP contribution in [0.25, 0.3) is 0 Å². The summed E-state index contributed by atoms with van der Waals surface area (Å²) in [5.74, 6) is 0. The van der Waals surface area contributed by atoms with Gasteiger partial charge in [-0.05, 0) is 5.56 Å². The molecule has 16 heavy (non-hydrogen) atoms. The molecule has 1 nitrogen and oxygen atoms in total. The molecule has 1 fully saturated rings. The smallest absolute Gasteiger partial charge is 0.362 e. The number of ether oxygens (including phenoxy) is 1. The molecular formula is C14H11LiO. The third-order valence-corrected chi connectivity index (χ3v) is 2.66. The first-order chi connectivity index (χ1) is 7.45. The summed E-state index contributed by atoms with van der Waals surface area (Å²) in [6.07, 6.45) is 0.429. The molecule has 2 heteroatoms. The average molecular weight is 202 g/mol. The van der Waals surface area contributed by atoms with Crippen LogP contribution in [0.5, 0.6) is 0 Å². The molecule has 3 rings (SSSR count). The van der Waals surface area contributed by atoms with Crippen LogP contribution in [0.4, 0.5) is 0 Å². The Morgan fingerprint density at radius 3 is 2.31 bits per heavy atom. The van der Waals surface area contributed by atoms with Crippen LogP contribution in [0.1, 0.15) is 23.3 Å². The van der Waals surface area contributed by atoms with E-state index in [-0.39, 0.29) is 31.1 Å². The first kappa shape index (κ1) is 11.5. The van der Waals surface area contributed by atoms with Crippen LogP contribution in [0.2, 0.25) is 0 Å². The van der Waals surface area contributed by atoms with Gasteiger partial charge in [-0.2, -0.15) is 30.3 Å². The second-order valence-electron chi connectivity index (χ2n) is 3.71. The Kier molecular flexibility index (Phi) is 3.51. The van der Waals surface area contributed by atoms with Crippen molar-refractivity contribution in [1.29, 1.82) is 0 Å². The van der Waals surface area contributed by atoms with E-state index in [1.165, 1.54) is 5.56 Å². The number of benzene rings is 2. The van der Waals surface area contributed by atoms with E-state index < -0.39 is 0 Å². The van der Waals surface area contributed by atoms with E-state index in [4.69, 9.17) is 4.74 Å². The van der Waals surface area contributed by atoms with Gasteiger partial charge in [-0.1, -0.05) is 30.3 Å². The van der Waals surface area contributed by atoms with Gasteiger partial charge in [0.1, 0.15) is 6.10 Å². The Labute approximate surface area is 108 Å². The van der Waals surface area contributed by atoms with Crippen LogP contribution >= 0.6 is 0 Å². The average Bonchev–Trinajstić information content (AvgIpc) is 3.11. The summed E-state index contributed by atoms with van der Waals surface area (Å²) < 4.78 is 5.66. The first-order valence-corrected chi connectivity index (χ1v) is 5.12. The topological polar surface area (TPSA) is 12.5 Å². The third-order valence-electron chi connectivity index (χ3n) is 2.66. The van der Waals surface area contributed by atoms with Gasteiger partial charge in [-0.25, -0.2) is 0 Å². The molecule has 1 aliphatic rings. The van der Waals surface area contributed by atoms with Crippen molar-refractivity contribution in [3.8, 4) is 0 Å². The Balaban J connectivity index is 0.000000963. The zero-order valence-corrected chi connectivity index (χ0v) is 9.26. The summed E-state index contributed by atoms with van der Waals surface area (Å²) in [6.45, 7) is 0. The van der Waals surface area contributed by atoms with Crippen LogP contribution in [0, 0.1) is 6.07 Å². The predicted octanol–water partition coefficient (Wildman–Crippen LogP) is 0.303. The maximum Gasteiger partial charge on any atom is 1.00 e. The van der Waals surface area contributed by atoms with E-state index in [9.17, 15) is 0 Å². The van der Waals surface area contributed by atoms with Crippen molar-refractivity contribution in [2.75, 3.05) is 0 Å². The molecule has 74 valence electrons. The molecule has 0 unspecified atom stereocenters. The van der Waals surface area contributed by atoms with Gasteiger partial charge in [0.05, 0.1) is 6.10 Å². The summed E-state index contributed by atoms with van der Waals surface area (Å²) in [6, 6.07) is 21.5. The molecule has 0 saturated carbocycles. The minimum Gasteiger partial charge on any atom is -0.362 e. The fraction of sp³-hybridized carbons (Fsp3) is 0.143. The van der Waals surface area contributed by atoms with Crippen molar-refractivity contribution in [1.82, 2.24) is 0 Å². The zero-order chi connectivity index (χ0) is 10.1. The van der Waals surface area contributed by atoms with Gasteiger partial charge in [0.2, 0.25) is 0 Å². The summed E-state index contributed by atoms with van der Waals surface area (Å²) >= 11 is 0. The molecular weight excluding hydrogens is 191 g/mol. The molecule has 0 aliphatic carbocycles. The normalized spacial score (nSPS) is 22.2. The molecule has 0 spiro atoms. The largest absolute Gasteiger partial charge is 1.00 e. The Morgan fingerprint density at radius 2 is 1.62 bits per heavy atom. The van der Waals surface area contributed by atoms with Crippen molar-refractivity contribution < 1.29 is 23.6 Å². The van der Waals surface area contributed by atoms with E-state index in [0.29, 0.717) is 0 Å². The second kappa shape index (κ2) is 4.89. The molecule has 1 aliphatic heterocycles. The Morgan fingerprint density at radius 1 is 0.875 bits per heavy atom. The van der Waals surface area contributed by atoms with Crippen LogP contribution < -0.4 is 18.9 Å². The summed E-state index contributed by atoms with van der Waals surface area (Å²) in [4.78, 5) is 0. The number of hydrogen-bond donors (Lipinski definition) is 0. The fourth-order valence-electron chi connectivity index (χ4n) is 1.83. The van der Waals surface area contributed by atoms with Crippen LogP contribution in [0.3, 0.4) is 0 Å². The Hall–Kier alpha value is -1.00. The SMILES string of the molecule is [Li+].[c-]1ccccc1[C@@H]1O[C@H]1c1ccccc1. The fourth-order valence-corrected chi connectivity index (χ4v) is 1.83. The number of hydrogen-bond acceptors (Lipinski definition) is 1. The number of epoxide rings is 1. The number of rotatable bonds is 2. The van der Waals surface area contributed by atoms with Gasteiger partial charge < -0.3 is 4.74 Å². The second-order valence-corrected chi connectivity index (χ2v) is 3.71. The van der Waals surface area contributed by atoms with E-state index in [1.807, 2.05) is 36.4 Å². The monoisotopic (exact) mass is 202 g/mol. The molecule has 0 N–H and O–H groups in total. The van der Waals surface area contributed by atoms with E-state index in [0.717, 1.165) is 5.56 Å². The molecule has 1 saturated heterocycles.